The molecule has 1 aliphatic heterocycles. The standard InChI is InChI=1S/C21H16Cl2N4O3/c1-12(27-20(29)13-5-2-3-6-14(13)21(27)30)19(28)25-18-9-10-24-26(18)11-15-16(22)7-4-8-17(15)23/h2-10,12H,11H2,1H3,(H,25,28). The maximum absolute atomic E-state index is 12.8. The van der Waals surface area contributed by atoms with Crippen LogP contribution in [0.5, 0.6) is 0 Å². The van der Waals surface area contributed by atoms with Crippen molar-refractivity contribution in [3.8, 4) is 0 Å². The summed E-state index contributed by atoms with van der Waals surface area (Å²) >= 11 is 12.4. The number of carbonyl (C=O) groups is 3. The topological polar surface area (TPSA) is 84.3 Å². The van der Waals surface area contributed by atoms with Crippen LogP contribution in [0, 0.1) is 0 Å². The lowest BCUT2D eigenvalue weighted by atomic mass is 10.1. The van der Waals surface area contributed by atoms with E-state index in [2.05, 4.69) is 10.4 Å². The van der Waals surface area contributed by atoms with Crippen molar-refractivity contribution in [1.82, 2.24) is 14.7 Å². The van der Waals surface area contributed by atoms with Gasteiger partial charge in [-0.25, -0.2) is 4.68 Å². The van der Waals surface area contributed by atoms with E-state index < -0.39 is 23.8 Å². The molecule has 0 saturated heterocycles. The predicted molar refractivity (Wildman–Crippen MR) is 113 cm³/mol. The minimum Gasteiger partial charge on any atom is -0.309 e. The van der Waals surface area contributed by atoms with Crippen LogP contribution in [-0.4, -0.2) is 38.4 Å². The van der Waals surface area contributed by atoms with Gasteiger partial charge < -0.3 is 5.32 Å². The summed E-state index contributed by atoms with van der Waals surface area (Å²) in [7, 11) is 0. The number of nitrogens with one attached hydrogen (secondary N) is 1. The number of benzene rings is 2. The fraction of sp³-hybridized carbons (Fsp3) is 0.143. The van der Waals surface area contributed by atoms with Gasteiger partial charge in [-0.05, 0) is 31.2 Å². The van der Waals surface area contributed by atoms with Crippen LogP contribution in [0.15, 0.2) is 54.7 Å². The molecule has 0 saturated carbocycles. The molecule has 1 atom stereocenters. The fourth-order valence-corrected chi connectivity index (χ4v) is 3.82. The molecule has 1 aromatic heterocycles. The molecule has 0 aliphatic carbocycles. The van der Waals surface area contributed by atoms with Crippen molar-refractivity contribution < 1.29 is 14.4 Å². The van der Waals surface area contributed by atoms with Gasteiger partial charge in [-0.15, -0.1) is 0 Å². The summed E-state index contributed by atoms with van der Waals surface area (Å²) in [5.41, 5.74) is 1.24. The number of nitrogens with zero attached hydrogens (tertiary/aromatic N) is 3. The Morgan fingerprint density at radius 1 is 1.00 bits per heavy atom. The van der Waals surface area contributed by atoms with Crippen LogP contribution in [0.25, 0.3) is 0 Å². The Hall–Kier alpha value is -3.16. The molecule has 9 heteroatoms. The minimum atomic E-state index is -1.01. The van der Waals surface area contributed by atoms with Crippen molar-refractivity contribution in [2.45, 2.75) is 19.5 Å². The average molecular weight is 443 g/mol. The zero-order valence-electron chi connectivity index (χ0n) is 15.8. The molecule has 0 spiro atoms. The van der Waals surface area contributed by atoms with E-state index in [1.54, 1.807) is 48.5 Å². The number of hydrogen-bond acceptors (Lipinski definition) is 4. The molecule has 0 bridgehead atoms. The first-order chi connectivity index (χ1) is 14.4. The highest BCUT2D eigenvalue weighted by Crippen LogP contribution is 2.27. The third kappa shape index (κ3) is 3.46. The van der Waals surface area contributed by atoms with Gasteiger partial charge in [0.05, 0.1) is 23.9 Å². The maximum Gasteiger partial charge on any atom is 0.262 e. The molecular weight excluding hydrogens is 427 g/mol. The number of rotatable bonds is 5. The molecule has 3 aromatic rings. The van der Waals surface area contributed by atoms with Gasteiger partial charge in [0.25, 0.3) is 11.8 Å². The van der Waals surface area contributed by atoms with Crippen molar-refractivity contribution >= 4 is 46.7 Å². The Balaban J connectivity index is 1.53. The smallest absolute Gasteiger partial charge is 0.262 e. The van der Waals surface area contributed by atoms with Crippen molar-refractivity contribution in [1.29, 1.82) is 0 Å². The van der Waals surface area contributed by atoms with Crippen molar-refractivity contribution in [2.24, 2.45) is 0 Å². The molecule has 7 nitrogen and oxygen atoms in total. The Labute approximate surface area is 182 Å². The third-order valence-electron chi connectivity index (χ3n) is 4.93. The highest BCUT2D eigenvalue weighted by Gasteiger charge is 2.40. The first kappa shape index (κ1) is 20.1. The average Bonchev–Trinajstić information content (AvgIpc) is 3.27. The second-order valence-corrected chi connectivity index (χ2v) is 7.58. The lowest BCUT2D eigenvalue weighted by Gasteiger charge is -2.22. The Morgan fingerprint density at radius 3 is 2.20 bits per heavy atom. The summed E-state index contributed by atoms with van der Waals surface area (Å²) in [6, 6.07) is 12.3. The molecule has 1 unspecified atom stereocenters. The number of imide groups is 1. The van der Waals surface area contributed by atoms with Gasteiger partial charge in [0, 0.05) is 21.7 Å². The molecule has 1 N–H and O–H groups in total. The van der Waals surface area contributed by atoms with Crippen LogP contribution in [-0.2, 0) is 11.3 Å². The van der Waals surface area contributed by atoms with Crippen LogP contribution >= 0.6 is 23.2 Å². The molecule has 1 aliphatic rings. The van der Waals surface area contributed by atoms with Crippen LogP contribution in [0.1, 0.15) is 33.2 Å². The molecular formula is C21H16Cl2N4O3. The molecule has 0 radical (unpaired) electrons. The fourth-order valence-electron chi connectivity index (χ4n) is 3.31. The first-order valence-corrected chi connectivity index (χ1v) is 9.86. The summed E-state index contributed by atoms with van der Waals surface area (Å²) in [6.45, 7) is 1.74. The van der Waals surface area contributed by atoms with Crippen LogP contribution in [0.2, 0.25) is 10.0 Å². The Morgan fingerprint density at radius 2 is 1.60 bits per heavy atom. The molecule has 4 rings (SSSR count). The van der Waals surface area contributed by atoms with Gasteiger partial charge in [-0.1, -0.05) is 41.4 Å². The summed E-state index contributed by atoms with van der Waals surface area (Å²) in [5, 5.41) is 7.89. The number of amides is 3. The van der Waals surface area contributed by atoms with Gasteiger partial charge in [0.1, 0.15) is 11.9 Å². The minimum absolute atomic E-state index is 0.239. The number of carbonyl (C=O) groups excluding carboxylic acids is 3. The number of aromatic nitrogens is 2. The van der Waals surface area contributed by atoms with E-state index in [1.807, 2.05) is 0 Å². The lowest BCUT2D eigenvalue weighted by molar-refractivity contribution is -0.119. The van der Waals surface area contributed by atoms with Gasteiger partial charge in [-0.3, -0.25) is 19.3 Å². The van der Waals surface area contributed by atoms with E-state index in [1.165, 1.54) is 17.8 Å². The number of fused-ring (bicyclic) bond motifs is 1. The lowest BCUT2D eigenvalue weighted by Crippen LogP contribution is -2.45. The second kappa shape index (κ2) is 7.93. The molecule has 3 amide bonds. The van der Waals surface area contributed by atoms with Gasteiger partial charge in [0.15, 0.2) is 0 Å². The summed E-state index contributed by atoms with van der Waals surface area (Å²) in [6.07, 6.45) is 1.52. The van der Waals surface area contributed by atoms with E-state index in [0.717, 1.165) is 4.90 Å². The van der Waals surface area contributed by atoms with E-state index in [9.17, 15) is 14.4 Å². The van der Waals surface area contributed by atoms with Gasteiger partial charge >= 0.3 is 0 Å². The summed E-state index contributed by atoms with van der Waals surface area (Å²) in [5.74, 6) is -1.11. The highest BCUT2D eigenvalue weighted by molar-refractivity contribution is 6.36. The van der Waals surface area contributed by atoms with Crippen LogP contribution < -0.4 is 5.32 Å². The van der Waals surface area contributed by atoms with E-state index in [4.69, 9.17) is 23.2 Å². The number of hydrogen-bond donors (Lipinski definition) is 1. The van der Waals surface area contributed by atoms with E-state index >= 15 is 0 Å². The number of halogens is 2. The molecule has 2 heterocycles. The maximum atomic E-state index is 12.8. The van der Waals surface area contributed by atoms with Crippen LogP contribution in [0.3, 0.4) is 0 Å². The molecule has 152 valence electrons. The zero-order chi connectivity index (χ0) is 21.4. The second-order valence-electron chi connectivity index (χ2n) is 6.77. The summed E-state index contributed by atoms with van der Waals surface area (Å²) in [4.78, 5) is 39.0. The van der Waals surface area contributed by atoms with E-state index in [-0.39, 0.29) is 6.54 Å². The highest BCUT2D eigenvalue weighted by atomic mass is 35.5. The van der Waals surface area contributed by atoms with Gasteiger partial charge in [-0.2, -0.15) is 5.10 Å². The number of anilines is 1. The van der Waals surface area contributed by atoms with Crippen molar-refractivity contribution in [3.05, 3.63) is 81.5 Å². The van der Waals surface area contributed by atoms with Gasteiger partial charge in [0.2, 0.25) is 5.91 Å². The molecule has 0 fully saturated rings. The Kier molecular flexibility index (Phi) is 5.32. The normalized spacial score (nSPS) is 14.0. The van der Waals surface area contributed by atoms with Crippen molar-refractivity contribution in [2.75, 3.05) is 5.32 Å². The monoisotopic (exact) mass is 442 g/mol. The molecule has 30 heavy (non-hydrogen) atoms. The quantitative estimate of drug-likeness (QED) is 0.607. The largest absolute Gasteiger partial charge is 0.309 e. The first-order valence-electron chi connectivity index (χ1n) is 9.11. The summed E-state index contributed by atoms with van der Waals surface area (Å²) < 4.78 is 1.53. The SMILES string of the molecule is CC(C(=O)Nc1ccnn1Cc1c(Cl)cccc1Cl)N1C(=O)c2ccccc2C1=O. The van der Waals surface area contributed by atoms with Crippen LogP contribution in [0.4, 0.5) is 5.82 Å². The third-order valence-corrected chi connectivity index (χ3v) is 5.64. The Bertz CT molecular complexity index is 1120. The van der Waals surface area contributed by atoms with E-state index in [0.29, 0.717) is 32.6 Å². The zero-order valence-corrected chi connectivity index (χ0v) is 17.3. The predicted octanol–water partition coefficient (Wildman–Crippen LogP) is 3.86. The molecule has 2 aromatic carbocycles. The van der Waals surface area contributed by atoms with Crippen molar-refractivity contribution in [3.63, 3.8) is 0 Å².